The van der Waals surface area contributed by atoms with Crippen LogP contribution >= 0.6 is 11.3 Å². The molecular formula is C13H14F2N2S. The van der Waals surface area contributed by atoms with Gasteiger partial charge < -0.3 is 5.32 Å². The molecule has 1 heterocycles. The monoisotopic (exact) mass is 268 g/mol. The second-order valence-corrected chi connectivity index (χ2v) is 4.83. The highest BCUT2D eigenvalue weighted by atomic mass is 32.1. The van der Waals surface area contributed by atoms with Gasteiger partial charge in [-0.05, 0) is 44.6 Å². The summed E-state index contributed by atoms with van der Waals surface area (Å²) in [5.41, 5.74) is 1.16. The molecule has 1 N–H and O–H groups in total. The Hall–Kier alpha value is -1.33. The Morgan fingerprint density at radius 2 is 2.17 bits per heavy atom. The SMILES string of the molecule is CNCCCc1csc(-c2cc(F)ccc2F)n1. The van der Waals surface area contributed by atoms with Crippen LogP contribution in [0.2, 0.25) is 0 Å². The van der Waals surface area contributed by atoms with Crippen LogP contribution in [0, 0.1) is 11.6 Å². The molecule has 0 unspecified atom stereocenters. The zero-order valence-corrected chi connectivity index (χ0v) is 10.9. The highest BCUT2D eigenvalue weighted by Gasteiger charge is 2.10. The highest BCUT2D eigenvalue weighted by molar-refractivity contribution is 7.13. The smallest absolute Gasteiger partial charge is 0.133 e. The van der Waals surface area contributed by atoms with E-state index >= 15 is 0 Å². The molecule has 0 amide bonds. The summed E-state index contributed by atoms with van der Waals surface area (Å²) in [6, 6.07) is 3.43. The van der Waals surface area contributed by atoms with Crippen molar-refractivity contribution in [2.24, 2.45) is 0 Å². The maximum absolute atomic E-state index is 13.6. The van der Waals surface area contributed by atoms with E-state index in [4.69, 9.17) is 0 Å². The Morgan fingerprint density at radius 3 is 2.94 bits per heavy atom. The number of aromatic nitrogens is 1. The number of halogens is 2. The summed E-state index contributed by atoms with van der Waals surface area (Å²) < 4.78 is 26.7. The van der Waals surface area contributed by atoms with Gasteiger partial charge in [-0.15, -0.1) is 11.3 Å². The van der Waals surface area contributed by atoms with E-state index in [1.54, 1.807) is 0 Å². The van der Waals surface area contributed by atoms with Crippen molar-refractivity contribution in [3.8, 4) is 10.6 Å². The first-order chi connectivity index (χ1) is 8.70. The molecule has 0 aliphatic rings. The van der Waals surface area contributed by atoms with E-state index in [1.807, 2.05) is 12.4 Å². The third-order valence-corrected chi connectivity index (χ3v) is 3.49. The second kappa shape index (κ2) is 6.02. The maximum atomic E-state index is 13.6. The average Bonchev–Trinajstić information content (AvgIpc) is 2.81. The van der Waals surface area contributed by atoms with Crippen molar-refractivity contribution in [3.63, 3.8) is 0 Å². The van der Waals surface area contributed by atoms with Gasteiger partial charge in [0.2, 0.25) is 0 Å². The number of nitrogens with one attached hydrogen (secondary N) is 1. The molecule has 1 aromatic carbocycles. The van der Waals surface area contributed by atoms with E-state index in [2.05, 4.69) is 10.3 Å². The number of aryl methyl sites for hydroxylation is 1. The Kier molecular flexibility index (Phi) is 4.38. The third-order valence-electron chi connectivity index (χ3n) is 2.57. The lowest BCUT2D eigenvalue weighted by atomic mass is 10.2. The first-order valence-electron chi connectivity index (χ1n) is 5.75. The molecule has 0 aliphatic carbocycles. The lowest BCUT2D eigenvalue weighted by molar-refractivity contribution is 0.603. The molecule has 0 atom stereocenters. The van der Waals surface area contributed by atoms with Gasteiger partial charge in [0.15, 0.2) is 0 Å². The molecule has 96 valence electrons. The predicted molar refractivity (Wildman–Crippen MR) is 69.7 cm³/mol. The first kappa shape index (κ1) is 13.1. The lowest BCUT2D eigenvalue weighted by Crippen LogP contribution is -2.08. The van der Waals surface area contributed by atoms with Crippen LogP contribution in [0.3, 0.4) is 0 Å². The molecule has 0 aliphatic heterocycles. The second-order valence-electron chi connectivity index (χ2n) is 3.98. The van der Waals surface area contributed by atoms with Gasteiger partial charge in [-0.25, -0.2) is 13.8 Å². The number of thiazole rings is 1. The van der Waals surface area contributed by atoms with Gasteiger partial charge in [0.1, 0.15) is 16.6 Å². The summed E-state index contributed by atoms with van der Waals surface area (Å²) in [7, 11) is 1.90. The predicted octanol–water partition coefficient (Wildman–Crippen LogP) is 3.24. The number of benzene rings is 1. The van der Waals surface area contributed by atoms with Gasteiger partial charge in [-0.1, -0.05) is 0 Å². The van der Waals surface area contributed by atoms with Gasteiger partial charge in [0.25, 0.3) is 0 Å². The molecule has 2 aromatic rings. The summed E-state index contributed by atoms with van der Waals surface area (Å²) in [5, 5.41) is 5.49. The quantitative estimate of drug-likeness (QED) is 0.842. The summed E-state index contributed by atoms with van der Waals surface area (Å²) in [6.07, 6.45) is 1.82. The van der Waals surface area contributed by atoms with Crippen molar-refractivity contribution in [3.05, 3.63) is 40.9 Å². The van der Waals surface area contributed by atoms with Crippen LogP contribution in [0.4, 0.5) is 8.78 Å². The van der Waals surface area contributed by atoms with E-state index in [9.17, 15) is 8.78 Å². The summed E-state index contributed by atoms with van der Waals surface area (Å²) in [4.78, 5) is 4.34. The Labute approximate surface area is 109 Å². The molecule has 2 nitrogen and oxygen atoms in total. The summed E-state index contributed by atoms with van der Waals surface area (Å²) >= 11 is 1.35. The fraction of sp³-hybridized carbons (Fsp3) is 0.308. The molecule has 1 aromatic heterocycles. The van der Waals surface area contributed by atoms with Crippen LogP contribution in [-0.4, -0.2) is 18.6 Å². The molecule has 5 heteroatoms. The van der Waals surface area contributed by atoms with Gasteiger partial charge in [-0.3, -0.25) is 0 Å². The number of rotatable bonds is 5. The maximum Gasteiger partial charge on any atom is 0.133 e. The van der Waals surface area contributed by atoms with Crippen LogP contribution in [0.1, 0.15) is 12.1 Å². The van der Waals surface area contributed by atoms with Crippen LogP contribution in [0.5, 0.6) is 0 Å². The molecular weight excluding hydrogens is 254 g/mol. The summed E-state index contributed by atoms with van der Waals surface area (Å²) in [5.74, 6) is -0.883. The number of hydrogen-bond donors (Lipinski definition) is 1. The average molecular weight is 268 g/mol. The highest BCUT2D eigenvalue weighted by Crippen LogP contribution is 2.27. The topological polar surface area (TPSA) is 24.9 Å². The molecule has 0 fully saturated rings. The minimum Gasteiger partial charge on any atom is -0.320 e. The normalized spacial score (nSPS) is 10.8. The fourth-order valence-corrected chi connectivity index (χ4v) is 2.52. The van der Waals surface area contributed by atoms with Crippen LogP contribution in [0.25, 0.3) is 10.6 Å². The molecule has 0 spiro atoms. The van der Waals surface area contributed by atoms with Crippen LogP contribution < -0.4 is 5.32 Å². The molecule has 18 heavy (non-hydrogen) atoms. The van der Waals surface area contributed by atoms with Crippen molar-refractivity contribution in [1.82, 2.24) is 10.3 Å². The zero-order valence-electron chi connectivity index (χ0n) is 10.0. The van der Waals surface area contributed by atoms with Crippen molar-refractivity contribution < 1.29 is 8.78 Å². The van der Waals surface area contributed by atoms with Crippen LogP contribution in [-0.2, 0) is 6.42 Å². The van der Waals surface area contributed by atoms with Gasteiger partial charge in [0, 0.05) is 10.9 Å². The molecule has 0 saturated carbocycles. The van der Waals surface area contributed by atoms with E-state index in [0.29, 0.717) is 5.01 Å². The Balaban J connectivity index is 2.16. The summed E-state index contributed by atoms with van der Waals surface area (Å²) in [6.45, 7) is 0.918. The lowest BCUT2D eigenvalue weighted by Gasteiger charge is -1.99. The largest absolute Gasteiger partial charge is 0.320 e. The molecule has 2 rings (SSSR count). The minimum absolute atomic E-state index is 0.236. The van der Waals surface area contributed by atoms with Crippen molar-refractivity contribution in [2.45, 2.75) is 12.8 Å². The van der Waals surface area contributed by atoms with Crippen molar-refractivity contribution in [2.75, 3.05) is 13.6 Å². The third kappa shape index (κ3) is 3.11. The number of hydrogen-bond acceptors (Lipinski definition) is 3. The van der Waals surface area contributed by atoms with Gasteiger partial charge in [0.05, 0.1) is 5.69 Å². The van der Waals surface area contributed by atoms with Gasteiger partial charge in [-0.2, -0.15) is 0 Å². The minimum atomic E-state index is -0.446. The Bertz CT molecular complexity index is 525. The van der Waals surface area contributed by atoms with E-state index in [0.717, 1.165) is 37.2 Å². The van der Waals surface area contributed by atoms with E-state index < -0.39 is 11.6 Å². The van der Waals surface area contributed by atoms with E-state index in [-0.39, 0.29) is 5.56 Å². The van der Waals surface area contributed by atoms with Gasteiger partial charge >= 0.3 is 0 Å². The van der Waals surface area contributed by atoms with E-state index in [1.165, 1.54) is 17.4 Å². The first-order valence-corrected chi connectivity index (χ1v) is 6.63. The fourth-order valence-electron chi connectivity index (χ4n) is 1.65. The van der Waals surface area contributed by atoms with Crippen molar-refractivity contribution >= 4 is 11.3 Å². The van der Waals surface area contributed by atoms with Crippen LogP contribution in [0.15, 0.2) is 23.6 Å². The Morgan fingerprint density at radius 1 is 1.33 bits per heavy atom. The zero-order chi connectivity index (χ0) is 13.0. The standard InChI is InChI=1S/C13H14F2N2S/c1-16-6-2-3-10-8-18-13(17-10)11-7-9(14)4-5-12(11)15/h4-5,7-8,16H,2-3,6H2,1H3. The molecule has 0 bridgehead atoms. The molecule has 0 radical (unpaired) electrons. The van der Waals surface area contributed by atoms with Crippen molar-refractivity contribution in [1.29, 1.82) is 0 Å². The molecule has 0 saturated heterocycles. The number of nitrogens with zero attached hydrogens (tertiary/aromatic N) is 1.